The lowest BCUT2D eigenvalue weighted by Crippen LogP contribution is -2.22. The van der Waals surface area contributed by atoms with Crippen molar-refractivity contribution in [2.24, 2.45) is 0 Å². The molecule has 0 radical (unpaired) electrons. The van der Waals surface area contributed by atoms with Crippen molar-refractivity contribution in [3.05, 3.63) is 74.0 Å². The van der Waals surface area contributed by atoms with Crippen LogP contribution in [0.5, 0.6) is 0 Å². The molecule has 2 heterocycles. The van der Waals surface area contributed by atoms with Crippen LogP contribution in [0, 0.1) is 0 Å². The van der Waals surface area contributed by atoms with Gasteiger partial charge in [0.15, 0.2) is 5.16 Å². The maximum atomic E-state index is 12.7. The Kier molecular flexibility index (Phi) is 4.72. The van der Waals surface area contributed by atoms with Crippen LogP contribution in [0.25, 0.3) is 21.8 Å². The number of H-pyrrole nitrogens is 1. The first kappa shape index (κ1) is 17.8. The fourth-order valence-corrected chi connectivity index (χ4v) is 4.00. The van der Waals surface area contributed by atoms with Crippen molar-refractivity contribution in [3.63, 3.8) is 0 Å². The lowest BCUT2D eigenvalue weighted by Gasteiger charge is -2.11. The van der Waals surface area contributed by atoms with Gasteiger partial charge in [-0.3, -0.25) is 14.2 Å². The minimum atomic E-state index is -0.238. The van der Waals surface area contributed by atoms with E-state index in [1.807, 2.05) is 25.1 Å². The second-order valence-electron chi connectivity index (χ2n) is 5.92. The second kappa shape index (κ2) is 7.17. The van der Waals surface area contributed by atoms with E-state index in [0.29, 0.717) is 50.1 Å². The van der Waals surface area contributed by atoms with Crippen LogP contribution < -0.4 is 11.1 Å². The number of para-hydroxylation sites is 1. The highest BCUT2D eigenvalue weighted by atomic mass is 35.5. The first-order chi connectivity index (χ1) is 13.1. The van der Waals surface area contributed by atoms with Crippen LogP contribution in [-0.4, -0.2) is 19.5 Å². The van der Waals surface area contributed by atoms with E-state index in [0.717, 1.165) is 0 Å². The molecule has 136 valence electrons. The van der Waals surface area contributed by atoms with E-state index in [2.05, 4.69) is 15.0 Å². The number of aromatic amines is 1. The number of rotatable bonds is 4. The Hall–Kier alpha value is -2.64. The molecule has 6 nitrogen and oxygen atoms in total. The van der Waals surface area contributed by atoms with Crippen molar-refractivity contribution in [1.82, 2.24) is 19.5 Å². The Balaban J connectivity index is 1.71. The number of aromatic nitrogens is 4. The quantitative estimate of drug-likeness (QED) is 0.419. The zero-order valence-electron chi connectivity index (χ0n) is 14.4. The van der Waals surface area contributed by atoms with Crippen LogP contribution in [0.2, 0.25) is 5.02 Å². The zero-order chi connectivity index (χ0) is 19.0. The number of benzene rings is 2. The van der Waals surface area contributed by atoms with E-state index < -0.39 is 0 Å². The van der Waals surface area contributed by atoms with Crippen LogP contribution in [0.15, 0.2) is 57.2 Å². The van der Waals surface area contributed by atoms with Crippen molar-refractivity contribution in [3.8, 4) is 0 Å². The van der Waals surface area contributed by atoms with Crippen molar-refractivity contribution >= 4 is 45.2 Å². The largest absolute Gasteiger partial charge is 0.309 e. The Morgan fingerprint density at radius 3 is 2.67 bits per heavy atom. The van der Waals surface area contributed by atoms with Gasteiger partial charge in [-0.05, 0) is 37.3 Å². The van der Waals surface area contributed by atoms with Gasteiger partial charge in [0.25, 0.3) is 11.1 Å². The summed E-state index contributed by atoms with van der Waals surface area (Å²) in [5, 5.41) is 2.13. The Bertz CT molecular complexity index is 1280. The Morgan fingerprint density at radius 1 is 1.07 bits per heavy atom. The third kappa shape index (κ3) is 3.36. The van der Waals surface area contributed by atoms with Gasteiger partial charge in [0.2, 0.25) is 0 Å². The molecule has 0 atom stereocenters. The Morgan fingerprint density at radius 2 is 1.85 bits per heavy atom. The summed E-state index contributed by atoms with van der Waals surface area (Å²) in [5.74, 6) is 0.906. The van der Waals surface area contributed by atoms with Crippen molar-refractivity contribution < 1.29 is 0 Å². The van der Waals surface area contributed by atoms with Gasteiger partial charge in [0, 0.05) is 11.6 Å². The molecule has 27 heavy (non-hydrogen) atoms. The molecule has 0 saturated heterocycles. The van der Waals surface area contributed by atoms with Gasteiger partial charge in [-0.15, -0.1) is 0 Å². The second-order valence-corrected chi connectivity index (χ2v) is 7.30. The minimum Gasteiger partial charge on any atom is -0.309 e. The highest BCUT2D eigenvalue weighted by Crippen LogP contribution is 2.21. The van der Waals surface area contributed by atoms with Crippen LogP contribution >= 0.6 is 23.4 Å². The third-order valence-electron chi connectivity index (χ3n) is 4.20. The average Bonchev–Trinajstić information content (AvgIpc) is 2.67. The van der Waals surface area contributed by atoms with Gasteiger partial charge in [-0.1, -0.05) is 35.5 Å². The van der Waals surface area contributed by atoms with E-state index in [-0.39, 0.29) is 11.1 Å². The molecule has 0 aliphatic heterocycles. The lowest BCUT2D eigenvalue weighted by atomic mass is 10.2. The molecule has 0 unspecified atom stereocenters. The highest BCUT2D eigenvalue weighted by molar-refractivity contribution is 7.98. The molecule has 0 saturated carbocycles. The maximum absolute atomic E-state index is 12.7. The summed E-state index contributed by atoms with van der Waals surface area (Å²) in [6.07, 6.45) is 0. The maximum Gasteiger partial charge on any atom is 0.262 e. The number of hydrogen-bond donors (Lipinski definition) is 1. The number of hydrogen-bond acceptors (Lipinski definition) is 5. The first-order valence-electron chi connectivity index (χ1n) is 8.37. The standard InChI is InChI=1S/C19H15ClN4O2S/c1-2-24-18(26)12-5-3-4-6-14(12)22-19(24)27-10-16-21-15-8-7-11(20)9-13(15)17(25)23-16/h3-9H,2,10H2,1H3,(H,21,23,25). The predicted molar refractivity (Wildman–Crippen MR) is 109 cm³/mol. The number of nitrogens with one attached hydrogen (secondary N) is 1. The van der Waals surface area contributed by atoms with Gasteiger partial charge < -0.3 is 4.98 Å². The molecule has 0 amide bonds. The normalized spacial score (nSPS) is 11.3. The number of nitrogens with zero attached hydrogens (tertiary/aromatic N) is 3. The summed E-state index contributed by atoms with van der Waals surface area (Å²) in [5.41, 5.74) is 0.931. The Labute approximate surface area is 163 Å². The fourth-order valence-electron chi connectivity index (χ4n) is 2.90. The molecule has 8 heteroatoms. The number of halogens is 1. The van der Waals surface area contributed by atoms with Crippen molar-refractivity contribution in [2.75, 3.05) is 0 Å². The zero-order valence-corrected chi connectivity index (χ0v) is 16.0. The molecule has 0 spiro atoms. The van der Waals surface area contributed by atoms with E-state index in [4.69, 9.17) is 11.6 Å². The molecule has 4 rings (SSSR count). The van der Waals surface area contributed by atoms with E-state index >= 15 is 0 Å². The molecule has 2 aromatic carbocycles. The monoisotopic (exact) mass is 398 g/mol. The lowest BCUT2D eigenvalue weighted by molar-refractivity contribution is 0.634. The van der Waals surface area contributed by atoms with E-state index in [1.54, 1.807) is 28.8 Å². The van der Waals surface area contributed by atoms with Crippen molar-refractivity contribution in [1.29, 1.82) is 0 Å². The molecular weight excluding hydrogens is 384 g/mol. The van der Waals surface area contributed by atoms with Crippen LogP contribution in [0.4, 0.5) is 0 Å². The molecule has 2 aromatic heterocycles. The molecule has 1 N–H and O–H groups in total. The summed E-state index contributed by atoms with van der Waals surface area (Å²) in [6, 6.07) is 12.3. The summed E-state index contributed by atoms with van der Waals surface area (Å²) in [7, 11) is 0. The van der Waals surface area contributed by atoms with Gasteiger partial charge in [0.1, 0.15) is 5.82 Å². The predicted octanol–water partition coefficient (Wildman–Crippen LogP) is 3.60. The molecular formula is C19H15ClN4O2S. The minimum absolute atomic E-state index is 0.0693. The third-order valence-corrected chi connectivity index (χ3v) is 5.42. The van der Waals surface area contributed by atoms with E-state index in [9.17, 15) is 9.59 Å². The fraction of sp³-hybridized carbons (Fsp3) is 0.158. The van der Waals surface area contributed by atoms with Crippen LogP contribution in [-0.2, 0) is 12.3 Å². The molecule has 0 aliphatic rings. The van der Waals surface area contributed by atoms with Crippen molar-refractivity contribution in [2.45, 2.75) is 24.4 Å². The summed E-state index contributed by atoms with van der Waals surface area (Å²) >= 11 is 7.31. The molecule has 0 bridgehead atoms. The number of fused-ring (bicyclic) bond motifs is 2. The van der Waals surface area contributed by atoms with Gasteiger partial charge in [-0.25, -0.2) is 9.97 Å². The summed E-state index contributed by atoms with van der Waals surface area (Å²) < 4.78 is 1.63. The molecule has 4 aromatic rings. The SMILES string of the molecule is CCn1c(SCc2nc3ccc(Cl)cc3c(=O)[nH]2)nc2ccccc2c1=O. The summed E-state index contributed by atoms with van der Waals surface area (Å²) in [4.78, 5) is 36.8. The van der Waals surface area contributed by atoms with Crippen LogP contribution in [0.3, 0.4) is 0 Å². The molecule has 0 aliphatic carbocycles. The van der Waals surface area contributed by atoms with Gasteiger partial charge in [0.05, 0.1) is 27.6 Å². The van der Waals surface area contributed by atoms with Crippen LogP contribution in [0.1, 0.15) is 12.7 Å². The first-order valence-corrected chi connectivity index (χ1v) is 9.74. The number of thioether (sulfide) groups is 1. The average molecular weight is 399 g/mol. The van der Waals surface area contributed by atoms with E-state index in [1.165, 1.54) is 11.8 Å². The highest BCUT2D eigenvalue weighted by Gasteiger charge is 2.12. The summed E-state index contributed by atoms with van der Waals surface area (Å²) in [6.45, 7) is 2.42. The van der Waals surface area contributed by atoms with Gasteiger partial charge in [-0.2, -0.15) is 0 Å². The smallest absolute Gasteiger partial charge is 0.262 e. The molecule has 0 fully saturated rings. The topological polar surface area (TPSA) is 80.6 Å². The van der Waals surface area contributed by atoms with Gasteiger partial charge >= 0.3 is 0 Å².